The molecule has 1 aromatic carbocycles. The van der Waals surface area contributed by atoms with Crippen molar-refractivity contribution in [3.63, 3.8) is 0 Å². The molecule has 3 heterocycles. The van der Waals surface area contributed by atoms with Gasteiger partial charge in [-0.25, -0.2) is 4.79 Å². The Morgan fingerprint density at radius 3 is 2.50 bits per heavy atom. The van der Waals surface area contributed by atoms with Crippen LogP contribution in [0.1, 0.15) is 33.3 Å². The van der Waals surface area contributed by atoms with E-state index in [9.17, 15) is 4.79 Å². The molecule has 8 heteroatoms. The van der Waals surface area contributed by atoms with Crippen molar-refractivity contribution in [3.05, 3.63) is 23.8 Å². The van der Waals surface area contributed by atoms with Crippen LogP contribution in [-0.2, 0) is 15.7 Å². The summed E-state index contributed by atoms with van der Waals surface area (Å²) in [7, 11) is -0.372. The second-order valence-electron chi connectivity index (χ2n) is 10.3. The number of nitrogens with one attached hydrogen (secondary N) is 1. The van der Waals surface area contributed by atoms with Crippen molar-refractivity contribution in [3.8, 4) is 5.75 Å². The summed E-state index contributed by atoms with van der Waals surface area (Å²) in [6, 6.07) is 6.71. The number of benzene rings is 1. The molecule has 3 atom stereocenters. The Morgan fingerprint density at radius 1 is 1.20 bits per heavy atom. The molecular weight excluding hydrogens is 383 g/mol. The van der Waals surface area contributed by atoms with Crippen LogP contribution in [0.15, 0.2) is 18.2 Å². The van der Waals surface area contributed by atoms with Gasteiger partial charge in [-0.2, -0.15) is 0 Å². The van der Waals surface area contributed by atoms with Gasteiger partial charge in [0, 0.05) is 25.7 Å². The summed E-state index contributed by atoms with van der Waals surface area (Å²) in [6.07, 6.45) is 0.0604. The molecule has 3 aliphatic heterocycles. The lowest BCUT2D eigenvalue weighted by Gasteiger charge is -2.34. The van der Waals surface area contributed by atoms with Gasteiger partial charge in [0.05, 0.1) is 11.2 Å². The van der Waals surface area contributed by atoms with Gasteiger partial charge in [-0.15, -0.1) is 0 Å². The first-order valence-corrected chi connectivity index (χ1v) is 11.0. The summed E-state index contributed by atoms with van der Waals surface area (Å²) in [6.45, 7) is 11.6. The van der Waals surface area contributed by atoms with Gasteiger partial charge in [0.2, 0.25) is 0 Å². The van der Waals surface area contributed by atoms with Crippen LogP contribution in [0, 0.1) is 17.8 Å². The molecule has 0 bridgehead atoms. The van der Waals surface area contributed by atoms with Crippen molar-refractivity contribution in [2.24, 2.45) is 17.8 Å². The number of hydrogen-bond acceptors (Lipinski definition) is 5. The van der Waals surface area contributed by atoms with Crippen LogP contribution >= 0.6 is 0 Å². The van der Waals surface area contributed by atoms with Crippen molar-refractivity contribution in [1.82, 2.24) is 10.2 Å². The Labute approximate surface area is 178 Å². The summed E-state index contributed by atoms with van der Waals surface area (Å²) in [5, 5.41) is 11.3. The molecule has 3 fully saturated rings. The lowest BCUT2D eigenvalue weighted by molar-refractivity contribution is 0.00578. The van der Waals surface area contributed by atoms with E-state index in [2.05, 4.69) is 56.1 Å². The van der Waals surface area contributed by atoms with Crippen LogP contribution in [0.2, 0.25) is 0 Å². The highest BCUT2D eigenvalue weighted by atomic mass is 16.7. The Hall–Kier alpha value is -1.77. The van der Waals surface area contributed by atoms with E-state index in [4.69, 9.17) is 19.2 Å². The van der Waals surface area contributed by atoms with Gasteiger partial charge in [-0.05, 0) is 69.0 Å². The van der Waals surface area contributed by atoms with Crippen molar-refractivity contribution in [1.29, 1.82) is 0 Å². The van der Waals surface area contributed by atoms with E-state index in [1.54, 1.807) is 0 Å². The lowest BCUT2D eigenvalue weighted by atomic mass is 9.78. The smallest absolute Gasteiger partial charge is 0.492 e. The van der Waals surface area contributed by atoms with E-state index in [1.807, 2.05) is 0 Å². The molecule has 30 heavy (non-hydrogen) atoms. The molecule has 7 nitrogen and oxygen atoms in total. The van der Waals surface area contributed by atoms with Crippen LogP contribution < -0.4 is 15.5 Å². The first kappa shape index (κ1) is 20.2. The fourth-order valence-electron chi connectivity index (χ4n) is 5.22. The number of hydrogen-bond donors (Lipinski definition) is 2. The van der Waals surface area contributed by atoms with Gasteiger partial charge in [-0.1, -0.05) is 12.1 Å². The Bertz CT molecular complexity index is 832. The molecule has 2 N–H and O–H groups in total. The van der Waals surface area contributed by atoms with Crippen molar-refractivity contribution in [2.75, 3.05) is 26.2 Å². The monoisotopic (exact) mass is 414 g/mol. The normalized spacial score (nSPS) is 33.5. The highest BCUT2D eigenvalue weighted by Gasteiger charge is 2.56. The largest absolute Gasteiger partial charge is 0.494 e. The molecular formula is C22H31BN2O5. The number of amides is 1. The molecule has 3 unspecified atom stereocenters. The third-order valence-electron chi connectivity index (χ3n) is 7.91. The van der Waals surface area contributed by atoms with E-state index >= 15 is 0 Å². The topological polar surface area (TPSA) is 80.3 Å². The second kappa shape index (κ2) is 6.87. The number of carboxylic acid groups (broad SMARTS) is 1. The molecule has 1 aromatic rings. The molecule has 2 saturated heterocycles. The van der Waals surface area contributed by atoms with E-state index < -0.39 is 6.09 Å². The maximum absolute atomic E-state index is 10.7. The molecule has 162 valence electrons. The van der Waals surface area contributed by atoms with Gasteiger partial charge in [0.25, 0.3) is 0 Å². The van der Waals surface area contributed by atoms with Crippen molar-refractivity contribution < 1.29 is 23.9 Å². The highest BCUT2D eigenvalue weighted by Crippen LogP contribution is 2.52. The number of carbonyl (C=O) groups is 1. The lowest BCUT2D eigenvalue weighted by Crippen LogP contribution is -2.44. The number of rotatable bonds is 4. The predicted molar refractivity (Wildman–Crippen MR) is 113 cm³/mol. The summed E-state index contributed by atoms with van der Waals surface area (Å²) >= 11 is 0. The number of nitrogens with zero attached hydrogens (tertiary/aromatic N) is 1. The average Bonchev–Trinajstić information content (AvgIpc) is 3.01. The molecule has 1 amide bonds. The van der Waals surface area contributed by atoms with Gasteiger partial charge < -0.3 is 24.5 Å². The molecule has 1 saturated carbocycles. The summed E-state index contributed by atoms with van der Waals surface area (Å²) in [4.78, 5) is 13.2. The number of fused-ring (bicyclic) bond motifs is 2. The maximum Gasteiger partial charge on any atom is 0.494 e. The van der Waals surface area contributed by atoms with Crippen LogP contribution in [0.5, 0.6) is 5.75 Å². The second-order valence-corrected chi connectivity index (χ2v) is 10.3. The molecule has 1 aliphatic carbocycles. The zero-order valence-electron chi connectivity index (χ0n) is 18.2. The average molecular weight is 414 g/mol. The minimum absolute atomic E-state index is 0.353. The quantitative estimate of drug-likeness (QED) is 0.731. The zero-order chi connectivity index (χ0) is 21.3. The summed E-state index contributed by atoms with van der Waals surface area (Å²) in [5.74, 6) is 2.70. The fourth-order valence-corrected chi connectivity index (χ4v) is 5.22. The Kier molecular flexibility index (Phi) is 4.62. The predicted octanol–water partition coefficient (Wildman–Crippen LogP) is 1.73. The summed E-state index contributed by atoms with van der Waals surface area (Å²) < 4.78 is 18.5. The van der Waals surface area contributed by atoms with E-state index in [0.717, 1.165) is 30.7 Å². The van der Waals surface area contributed by atoms with Crippen molar-refractivity contribution in [2.45, 2.75) is 51.4 Å². The van der Waals surface area contributed by atoms with Crippen LogP contribution in [0.25, 0.3) is 0 Å². The van der Waals surface area contributed by atoms with Gasteiger partial charge in [-0.3, -0.25) is 4.90 Å². The fraction of sp³-hybridized carbons (Fsp3) is 0.682. The third-order valence-corrected chi connectivity index (χ3v) is 7.91. The summed E-state index contributed by atoms with van der Waals surface area (Å²) in [5.41, 5.74) is 1.53. The first-order valence-electron chi connectivity index (χ1n) is 11.0. The Morgan fingerprint density at radius 2 is 1.87 bits per heavy atom. The highest BCUT2D eigenvalue weighted by molar-refractivity contribution is 6.62. The first-order chi connectivity index (χ1) is 14.1. The third kappa shape index (κ3) is 3.39. The zero-order valence-corrected chi connectivity index (χ0v) is 18.2. The molecule has 0 radical (unpaired) electrons. The van der Waals surface area contributed by atoms with Gasteiger partial charge in [0.15, 0.2) is 0 Å². The number of piperidine rings is 1. The molecule has 0 spiro atoms. The molecule has 5 rings (SSSR count). The maximum atomic E-state index is 10.7. The van der Waals surface area contributed by atoms with Gasteiger partial charge in [0.1, 0.15) is 12.4 Å². The molecule has 4 aliphatic rings. The van der Waals surface area contributed by atoms with Crippen molar-refractivity contribution >= 4 is 18.7 Å². The van der Waals surface area contributed by atoms with Crippen LogP contribution in [0.3, 0.4) is 0 Å². The van der Waals surface area contributed by atoms with E-state index in [1.165, 1.54) is 5.56 Å². The standard InChI is InChI=1S/C22H31BN2O5/c1-21(2)22(3,4)30-23(29-21)14-6-5-13-7-15(12-28-19(13)8-14)25-10-17-16(18(17)11-25)9-24-20(26)27/h5-6,8,15-18,24H,7,9-12H2,1-4H3,(H,26,27). The van der Waals surface area contributed by atoms with Crippen LogP contribution in [0.4, 0.5) is 4.79 Å². The number of ether oxygens (including phenoxy) is 1. The molecule has 0 aromatic heterocycles. The SMILES string of the molecule is CC1(C)OB(c2ccc3c(c2)OCC(N2CC4C(CNC(=O)O)C4C2)C3)OC1(C)C. The Balaban J connectivity index is 1.20. The minimum atomic E-state index is -0.922. The van der Waals surface area contributed by atoms with Crippen LogP contribution in [-0.4, -0.2) is 66.7 Å². The minimum Gasteiger partial charge on any atom is -0.492 e. The van der Waals surface area contributed by atoms with E-state index in [-0.39, 0.29) is 18.3 Å². The van der Waals surface area contributed by atoms with E-state index in [0.29, 0.717) is 36.9 Å². The van der Waals surface area contributed by atoms with Gasteiger partial charge >= 0.3 is 13.2 Å². The number of likely N-dealkylation sites (tertiary alicyclic amines) is 1.